The molecule has 2 aromatic carbocycles. The molecule has 0 saturated heterocycles. The molecule has 0 fully saturated rings. The van der Waals surface area contributed by atoms with E-state index >= 15 is 0 Å². The van der Waals surface area contributed by atoms with Crippen LogP contribution in [0, 0.1) is 5.82 Å². The lowest BCUT2D eigenvalue weighted by Crippen LogP contribution is -2.40. The SMILES string of the molecule is O=C(c1cnc2c(c1)N(Cc1ccccc1)C(=O)CN2)N(CCO)Cc1ccc(F)cc1. The Balaban J connectivity index is 1.61. The van der Waals surface area contributed by atoms with E-state index in [9.17, 15) is 19.1 Å². The van der Waals surface area contributed by atoms with Crippen LogP contribution in [-0.4, -0.2) is 46.5 Å². The third-order valence-electron chi connectivity index (χ3n) is 5.24. The number of pyridine rings is 1. The number of hydrogen-bond donors (Lipinski definition) is 2. The molecule has 3 aromatic rings. The number of aliphatic hydroxyl groups excluding tert-OH is 1. The monoisotopic (exact) mass is 434 g/mol. The van der Waals surface area contributed by atoms with E-state index in [-0.39, 0.29) is 43.9 Å². The lowest BCUT2D eigenvalue weighted by molar-refractivity contribution is -0.117. The first kappa shape index (κ1) is 21.5. The van der Waals surface area contributed by atoms with Crippen molar-refractivity contribution in [1.82, 2.24) is 9.88 Å². The van der Waals surface area contributed by atoms with Gasteiger partial charge in [-0.15, -0.1) is 0 Å². The van der Waals surface area contributed by atoms with Gasteiger partial charge in [-0.1, -0.05) is 42.5 Å². The maximum atomic E-state index is 13.2. The summed E-state index contributed by atoms with van der Waals surface area (Å²) in [6.45, 7) is 0.594. The molecule has 0 atom stereocenters. The number of aromatic nitrogens is 1. The molecule has 7 nitrogen and oxygen atoms in total. The van der Waals surface area contributed by atoms with Crippen LogP contribution in [0.25, 0.3) is 0 Å². The Kier molecular flexibility index (Phi) is 6.42. The summed E-state index contributed by atoms with van der Waals surface area (Å²) in [6, 6.07) is 17.1. The predicted molar refractivity (Wildman–Crippen MR) is 119 cm³/mol. The molecule has 32 heavy (non-hydrogen) atoms. The van der Waals surface area contributed by atoms with Gasteiger partial charge in [0.15, 0.2) is 5.82 Å². The lowest BCUT2D eigenvalue weighted by Gasteiger charge is -2.30. The molecule has 2 heterocycles. The standard InChI is InChI=1S/C24H23FN4O3/c25-20-8-6-18(7-9-20)15-28(10-11-30)24(32)19-12-21-23(26-13-19)27-14-22(31)29(21)16-17-4-2-1-3-5-17/h1-9,12-13,30H,10-11,14-16H2,(H,26,27). The third-order valence-corrected chi connectivity index (χ3v) is 5.24. The second kappa shape index (κ2) is 9.57. The van der Waals surface area contributed by atoms with Crippen molar-refractivity contribution in [2.24, 2.45) is 0 Å². The molecule has 1 aliphatic heterocycles. The molecular formula is C24H23FN4O3. The number of fused-ring (bicyclic) bond motifs is 1. The molecule has 0 aliphatic carbocycles. The Bertz CT molecular complexity index is 1110. The van der Waals surface area contributed by atoms with E-state index in [4.69, 9.17) is 0 Å². The Hall–Kier alpha value is -3.78. The number of hydrogen-bond acceptors (Lipinski definition) is 5. The predicted octanol–water partition coefficient (Wildman–Crippen LogP) is 2.81. The Morgan fingerprint density at radius 2 is 1.88 bits per heavy atom. The van der Waals surface area contributed by atoms with E-state index in [1.165, 1.54) is 23.2 Å². The van der Waals surface area contributed by atoms with Crippen LogP contribution in [0.4, 0.5) is 15.9 Å². The van der Waals surface area contributed by atoms with E-state index in [0.717, 1.165) is 11.1 Å². The fraction of sp³-hybridized carbons (Fsp3) is 0.208. The Morgan fingerprint density at radius 3 is 2.59 bits per heavy atom. The number of amides is 2. The van der Waals surface area contributed by atoms with Crippen LogP contribution < -0.4 is 10.2 Å². The normalized spacial score (nSPS) is 12.8. The summed E-state index contributed by atoms with van der Waals surface area (Å²) in [5.74, 6) is -0.282. The van der Waals surface area contributed by atoms with Crippen molar-refractivity contribution in [2.75, 3.05) is 29.9 Å². The summed E-state index contributed by atoms with van der Waals surface area (Å²) in [7, 11) is 0. The number of benzene rings is 2. The average Bonchev–Trinajstić information content (AvgIpc) is 2.82. The van der Waals surface area contributed by atoms with Gasteiger partial charge in [0, 0.05) is 19.3 Å². The highest BCUT2D eigenvalue weighted by Gasteiger charge is 2.27. The first-order valence-corrected chi connectivity index (χ1v) is 10.3. The van der Waals surface area contributed by atoms with Crippen molar-refractivity contribution in [2.45, 2.75) is 13.1 Å². The highest BCUT2D eigenvalue weighted by atomic mass is 19.1. The van der Waals surface area contributed by atoms with Crippen molar-refractivity contribution in [1.29, 1.82) is 0 Å². The quantitative estimate of drug-likeness (QED) is 0.597. The van der Waals surface area contributed by atoms with Crippen LogP contribution in [-0.2, 0) is 17.9 Å². The highest BCUT2D eigenvalue weighted by Crippen LogP contribution is 2.30. The molecule has 0 spiro atoms. The number of halogens is 1. The summed E-state index contributed by atoms with van der Waals surface area (Å²) in [5, 5.41) is 12.4. The molecule has 1 aromatic heterocycles. The highest BCUT2D eigenvalue weighted by molar-refractivity contribution is 6.04. The third kappa shape index (κ3) is 4.76. The van der Waals surface area contributed by atoms with Gasteiger partial charge in [0.2, 0.25) is 5.91 Å². The van der Waals surface area contributed by atoms with Crippen LogP contribution in [0.5, 0.6) is 0 Å². The number of nitrogens with one attached hydrogen (secondary N) is 1. The molecule has 2 amide bonds. The fourth-order valence-electron chi connectivity index (χ4n) is 3.61. The molecule has 0 unspecified atom stereocenters. The first-order valence-electron chi connectivity index (χ1n) is 10.3. The molecule has 2 N–H and O–H groups in total. The van der Waals surface area contributed by atoms with Gasteiger partial charge in [0.1, 0.15) is 5.82 Å². The maximum Gasteiger partial charge on any atom is 0.255 e. The molecule has 0 saturated carbocycles. The fourth-order valence-corrected chi connectivity index (χ4v) is 3.61. The zero-order valence-electron chi connectivity index (χ0n) is 17.4. The minimum Gasteiger partial charge on any atom is -0.395 e. The number of rotatable bonds is 7. The summed E-state index contributed by atoms with van der Waals surface area (Å²) < 4.78 is 13.2. The molecule has 164 valence electrons. The zero-order valence-corrected chi connectivity index (χ0v) is 17.4. The van der Waals surface area contributed by atoms with Crippen molar-refractivity contribution in [3.8, 4) is 0 Å². The Morgan fingerprint density at radius 1 is 1.12 bits per heavy atom. The number of carbonyl (C=O) groups is 2. The Labute approximate surface area is 185 Å². The van der Waals surface area contributed by atoms with Crippen LogP contribution in [0.15, 0.2) is 66.9 Å². The number of carbonyl (C=O) groups excluding carboxylic acids is 2. The van der Waals surface area contributed by atoms with Gasteiger partial charge in [0.25, 0.3) is 5.91 Å². The van der Waals surface area contributed by atoms with Crippen LogP contribution in [0.3, 0.4) is 0 Å². The van der Waals surface area contributed by atoms with Gasteiger partial charge in [-0.05, 0) is 29.3 Å². The van der Waals surface area contributed by atoms with E-state index < -0.39 is 0 Å². The van der Waals surface area contributed by atoms with E-state index in [1.54, 1.807) is 23.1 Å². The van der Waals surface area contributed by atoms with Crippen molar-refractivity contribution in [3.63, 3.8) is 0 Å². The smallest absolute Gasteiger partial charge is 0.255 e. The summed E-state index contributed by atoms with van der Waals surface area (Å²) in [5.41, 5.74) is 2.53. The van der Waals surface area contributed by atoms with Crippen LogP contribution in [0.1, 0.15) is 21.5 Å². The van der Waals surface area contributed by atoms with Gasteiger partial charge in [-0.2, -0.15) is 0 Å². The first-order chi connectivity index (χ1) is 15.5. The number of anilines is 2. The average molecular weight is 434 g/mol. The lowest BCUT2D eigenvalue weighted by atomic mass is 10.1. The largest absolute Gasteiger partial charge is 0.395 e. The summed E-state index contributed by atoms with van der Waals surface area (Å²) in [4.78, 5) is 33.3. The van der Waals surface area contributed by atoms with Crippen molar-refractivity contribution in [3.05, 3.63) is 89.4 Å². The van der Waals surface area contributed by atoms with E-state index in [2.05, 4.69) is 10.3 Å². The zero-order chi connectivity index (χ0) is 22.5. The van der Waals surface area contributed by atoms with Gasteiger partial charge >= 0.3 is 0 Å². The molecule has 0 radical (unpaired) electrons. The maximum absolute atomic E-state index is 13.2. The topological polar surface area (TPSA) is 85.8 Å². The molecule has 4 rings (SSSR count). The minimum atomic E-state index is -0.358. The van der Waals surface area contributed by atoms with Crippen LogP contribution in [0.2, 0.25) is 0 Å². The van der Waals surface area contributed by atoms with Crippen LogP contribution >= 0.6 is 0 Å². The van der Waals surface area contributed by atoms with E-state index in [1.807, 2.05) is 30.3 Å². The molecular weight excluding hydrogens is 411 g/mol. The summed E-state index contributed by atoms with van der Waals surface area (Å²) in [6.07, 6.45) is 1.46. The number of aliphatic hydroxyl groups is 1. The summed E-state index contributed by atoms with van der Waals surface area (Å²) >= 11 is 0. The van der Waals surface area contributed by atoms with Gasteiger partial charge < -0.3 is 20.2 Å². The number of nitrogens with zero attached hydrogens (tertiary/aromatic N) is 3. The second-order valence-corrected chi connectivity index (χ2v) is 7.49. The molecule has 0 bridgehead atoms. The van der Waals surface area contributed by atoms with Gasteiger partial charge in [0.05, 0.1) is 30.9 Å². The molecule has 8 heteroatoms. The van der Waals surface area contributed by atoms with Gasteiger partial charge in [-0.3, -0.25) is 9.59 Å². The van der Waals surface area contributed by atoms with E-state index in [0.29, 0.717) is 23.6 Å². The van der Waals surface area contributed by atoms with Crippen molar-refractivity contribution < 1.29 is 19.1 Å². The van der Waals surface area contributed by atoms with Crippen molar-refractivity contribution >= 4 is 23.3 Å². The second-order valence-electron chi connectivity index (χ2n) is 7.49. The van der Waals surface area contributed by atoms with Gasteiger partial charge in [-0.25, -0.2) is 9.37 Å². The molecule has 1 aliphatic rings. The minimum absolute atomic E-state index is 0.109.